The van der Waals surface area contributed by atoms with Crippen LogP contribution in [0, 0.1) is 17.0 Å². The van der Waals surface area contributed by atoms with Gasteiger partial charge in [0.1, 0.15) is 12.7 Å². The van der Waals surface area contributed by atoms with Crippen LogP contribution in [-0.4, -0.2) is 38.9 Å². The quantitative estimate of drug-likeness (QED) is 0.222. The van der Waals surface area contributed by atoms with Crippen molar-refractivity contribution in [3.05, 3.63) is 77.8 Å². The van der Waals surface area contributed by atoms with E-state index < -0.39 is 16.2 Å². The molecule has 0 saturated carbocycles. The van der Waals surface area contributed by atoms with Crippen LogP contribution in [0.15, 0.2) is 45.2 Å². The van der Waals surface area contributed by atoms with Crippen LogP contribution in [0.25, 0.3) is 11.2 Å². The van der Waals surface area contributed by atoms with Crippen molar-refractivity contribution in [1.29, 1.82) is 0 Å². The first kappa shape index (κ1) is 22.8. The summed E-state index contributed by atoms with van der Waals surface area (Å²) in [6.45, 7) is 2.29. The second-order valence-electron chi connectivity index (χ2n) is 7.37. The Bertz CT molecular complexity index is 1500. The van der Waals surface area contributed by atoms with Gasteiger partial charge in [-0.05, 0) is 16.6 Å². The fraction of sp³-hybridized carbons (Fsp3) is 0.300. The van der Waals surface area contributed by atoms with Crippen molar-refractivity contribution in [2.75, 3.05) is 5.75 Å². The zero-order chi connectivity index (χ0) is 23.9. The van der Waals surface area contributed by atoms with Gasteiger partial charge in [-0.1, -0.05) is 41.6 Å². The number of rotatable bonds is 7. The Morgan fingerprint density at radius 1 is 1.15 bits per heavy atom. The standard InChI is InChI=1S/C20H20ClN7O4S/c1-12-22-10-15(28(31)32)26(12)8-9-33-19-23-17-16(18(29)25(3)20(30)24(17)2)27(19)11-13-6-4-5-7-14(13)21/h4-7,10H,8-9,11H2,1-3H3. The fourth-order valence-electron chi connectivity index (χ4n) is 3.59. The topological polar surface area (TPSA) is 123 Å². The summed E-state index contributed by atoms with van der Waals surface area (Å²) in [5.74, 6) is 0.870. The Kier molecular flexibility index (Phi) is 6.13. The maximum absolute atomic E-state index is 13.0. The highest BCUT2D eigenvalue weighted by atomic mass is 35.5. The molecule has 4 aromatic rings. The third kappa shape index (κ3) is 4.07. The molecule has 0 bridgehead atoms. The monoisotopic (exact) mass is 489 g/mol. The van der Waals surface area contributed by atoms with Gasteiger partial charge in [0.2, 0.25) is 0 Å². The summed E-state index contributed by atoms with van der Waals surface area (Å²) in [6, 6.07) is 7.28. The number of aromatic nitrogens is 6. The van der Waals surface area contributed by atoms with E-state index in [1.807, 2.05) is 18.2 Å². The van der Waals surface area contributed by atoms with Crippen LogP contribution < -0.4 is 11.2 Å². The lowest BCUT2D eigenvalue weighted by molar-refractivity contribution is -0.392. The average molecular weight is 490 g/mol. The summed E-state index contributed by atoms with van der Waals surface area (Å²) in [4.78, 5) is 44.8. The molecule has 0 aliphatic carbocycles. The normalized spacial score (nSPS) is 11.4. The Morgan fingerprint density at radius 2 is 1.88 bits per heavy atom. The Balaban J connectivity index is 1.77. The number of imidazole rings is 2. The molecule has 1 aromatic carbocycles. The molecule has 11 nitrogen and oxygen atoms in total. The van der Waals surface area contributed by atoms with E-state index in [-0.39, 0.29) is 23.5 Å². The first-order chi connectivity index (χ1) is 15.7. The third-order valence-corrected chi connectivity index (χ3v) is 6.69. The van der Waals surface area contributed by atoms with Gasteiger partial charge >= 0.3 is 11.5 Å². The fourth-order valence-corrected chi connectivity index (χ4v) is 4.70. The van der Waals surface area contributed by atoms with Crippen molar-refractivity contribution in [2.24, 2.45) is 14.1 Å². The Morgan fingerprint density at radius 3 is 2.58 bits per heavy atom. The van der Waals surface area contributed by atoms with E-state index in [9.17, 15) is 19.7 Å². The van der Waals surface area contributed by atoms with Crippen molar-refractivity contribution >= 4 is 40.3 Å². The highest BCUT2D eigenvalue weighted by Crippen LogP contribution is 2.26. The van der Waals surface area contributed by atoms with Crippen molar-refractivity contribution in [1.82, 2.24) is 28.2 Å². The molecule has 3 heterocycles. The van der Waals surface area contributed by atoms with Crippen LogP contribution in [0.3, 0.4) is 0 Å². The van der Waals surface area contributed by atoms with E-state index in [4.69, 9.17) is 11.6 Å². The highest BCUT2D eigenvalue weighted by molar-refractivity contribution is 7.99. The van der Waals surface area contributed by atoms with Gasteiger partial charge in [-0.2, -0.15) is 0 Å². The van der Waals surface area contributed by atoms with Crippen molar-refractivity contribution in [3.8, 4) is 0 Å². The van der Waals surface area contributed by atoms with Gasteiger partial charge in [-0.15, -0.1) is 0 Å². The molecule has 0 N–H and O–H groups in total. The summed E-state index contributed by atoms with van der Waals surface area (Å²) in [7, 11) is 2.98. The number of nitro groups is 1. The third-order valence-electron chi connectivity index (χ3n) is 5.37. The molecular formula is C20H20ClN7O4S. The summed E-state index contributed by atoms with van der Waals surface area (Å²) < 4.78 is 5.62. The number of benzene rings is 1. The number of halogens is 1. The lowest BCUT2D eigenvalue weighted by Gasteiger charge is -2.11. The molecule has 172 valence electrons. The van der Waals surface area contributed by atoms with Crippen molar-refractivity contribution in [3.63, 3.8) is 0 Å². The summed E-state index contributed by atoms with van der Waals surface area (Å²) in [5, 5.41) is 12.3. The summed E-state index contributed by atoms with van der Waals surface area (Å²) in [5.41, 5.74) is 0.406. The summed E-state index contributed by atoms with van der Waals surface area (Å²) in [6.07, 6.45) is 1.23. The average Bonchev–Trinajstić information content (AvgIpc) is 3.33. The molecule has 0 atom stereocenters. The zero-order valence-electron chi connectivity index (χ0n) is 18.1. The number of fused-ring (bicyclic) bond motifs is 1. The van der Waals surface area contributed by atoms with Gasteiger partial charge in [0.15, 0.2) is 22.1 Å². The number of hydrogen-bond acceptors (Lipinski definition) is 7. The molecule has 13 heteroatoms. The van der Waals surface area contributed by atoms with Crippen LogP contribution in [0.2, 0.25) is 5.02 Å². The van der Waals surface area contributed by atoms with Gasteiger partial charge in [0.25, 0.3) is 5.56 Å². The lowest BCUT2D eigenvalue weighted by Crippen LogP contribution is -2.37. The smallest absolute Gasteiger partial charge is 0.342 e. The van der Waals surface area contributed by atoms with Gasteiger partial charge in [-0.25, -0.2) is 19.3 Å². The van der Waals surface area contributed by atoms with Crippen LogP contribution in [0.1, 0.15) is 11.4 Å². The van der Waals surface area contributed by atoms with Crippen LogP contribution >= 0.6 is 23.4 Å². The number of aryl methyl sites for hydroxylation is 2. The molecule has 0 aliphatic heterocycles. The Labute approximate surface area is 196 Å². The molecule has 0 radical (unpaired) electrons. The highest BCUT2D eigenvalue weighted by Gasteiger charge is 2.22. The predicted octanol–water partition coefficient (Wildman–Crippen LogP) is 2.34. The van der Waals surface area contributed by atoms with E-state index in [1.165, 1.54) is 34.1 Å². The molecule has 0 amide bonds. The van der Waals surface area contributed by atoms with Crippen molar-refractivity contribution in [2.45, 2.75) is 25.2 Å². The first-order valence-electron chi connectivity index (χ1n) is 9.89. The SMILES string of the molecule is Cc1ncc([N+](=O)[O-])n1CCSc1nc2c(c(=O)n(C)c(=O)n2C)n1Cc1ccccc1Cl. The van der Waals surface area contributed by atoms with E-state index in [2.05, 4.69) is 9.97 Å². The predicted molar refractivity (Wildman–Crippen MR) is 125 cm³/mol. The Hall–Kier alpha value is -3.38. The second-order valence-corrected chi connectivity index (χ2v) is 8.84. The molecule has 0 saturated heterocycles. The molecule has 0 spiro atoms. The van der Waals surface area contributed by atoms with Crippen LogP contribution in [-0.2, 0) is 27.2 Å². The molecule has 33 heavy (non-hydrogen) atoms. The zero-order valence-corrected chi connectivity index (χ0v) is 19.6. The minimum Gasteiger partial charge on any atom is -0.358 e. The number of thioether (sulfide) groups is 1. The number of nitrogens with zero attached hydrogens (tertiary/aromatic N) is 7. The maximum atomic E-state index is 13.0. The molecule has 0 unspecified atom stereocenters. The van der Waals surface area contributed by atoms with Gasteiger partial charge in [-0.3, -0.25) is 13.9 Å². The second kappa shape index (κ2) is 8.87. The minimum absolute atomic E-state index is 0.0889. The molecule has 3 aromatic heterocycles. The molecule has 4 rings (SSSR count). The number of hydrogen-bond donors (Lipinski definition) is 0. The van der Waals surface area contributed by atoms with E-state index >= 15 is 0 Å². The van der Waals surface area contributed by atoms with E-state index in [1.54, 1.807) is 24.6 Å². The minimum atomic E-state index is -0.476. The van der Waals surface area contributed by atoms with Crippen molar-refractivity contribution < 1.29 is 4.92 Å². The van der Waals surface area contributed by atoms with E-state index in [0.29, 0.717) is 28.3 Å². The van der Waals surface area contributed by atoms with Crippen LogP contribution in [0.5, 0.6) is 0 Å². The molecule has 0 fully saturated rings. The molecule has 0 aliphatic rings. The first-order valence-corrected chi connectivity index (χ1v) is 11.3. The van der Waals surface area contributed by atoms with Gasteiger partial charge in [0.05, 0.1) is 6.54 Å². The molecular weight excluding hydrogens is 470 g/mol. The largest absolute Gasteiger partial charge is 0.358 e. The van der Waals surface area contributed by atoms with E-state index in [0.717, 1.165) is 10.1 Å². The lowest BCUT2D eigenvalue weighted by atomic mass is 10.2. The van der Waals surface area contributed by atoms with Gasteiger partial charge < -0.3 is 14.7 Å². The maximum Gasteiger partial charge on any atom is 0.342 e. The summed E-state index contributed by atoms with van der Waals surface area (Å²) >= 11 is 7.68. The van der Waals surface area contributed by atoms with Crippen LogP contribution in [0.4, 0.5) is 5.82 Å². The van der Waals surface area contributed by atoms with Gasteiger partial charge in [0, 0.05) is 31.8 Å².